The Morgan fingerprint density at radius 3 is 2.79 bits per heavy atom. The number of rotatable bonds is 2. The van der Waals surface area contributed by atoms with E-state index in [0.717, 1.165) is 12.1 Å². The first-order chi connectivity index (χ1) is 8.78. The van der Waals surface area contributed by atoms with E-state index in [9.17, 15) is 18.3 Å². The van der Waals surface area contributed by atoms with Crippen molar-refractivity contribution in [3.05, 3.63) is 35.4 Å². The summed E-state index contributed by atoms with van der Waals surface area (Å²) < 4.78 is 43.2. The van der Waals surface area contributed by atoms with Gasteiger partial charge in [0.15, 0.2) is 0 Å². The van der Waals surface area contributed by atoms with E-state index >= 15 is 0 Å². The molecule has 0 bridgehead atoms. The Kier molecular flexibility index (Phi) is 3.87. The minimum Gasteiger partial charge on any atom is -0.389 e. The standard InChI is InChI=1S/C14H17F3O2/c1-10-8-13(18,5-6-19-10)9-11-3-2-4-12(7-11)14(15,16)17/h2-4,7,10,18H,5-6,8-9H2,1H3. The molecule has 1 saturated heterocycles. The number of ether oxygens (including phenoxy) is 1. The SMILES string of the molecule is CC1CC(O)(Cc2cccc(C(F)(F)F)c2)CCO1. The van der Waals surface area contributed by atoms with Crippen LogP contribution in [0.2, 0.25) is 0 Å². The molecule has 1 fully saturated rings. The molecule has 19 heavy (non-hydrogen) atoms. The van der Waals surface area contributed by atoms with Gasteiger partial charge < -0.3 is 9.84 Å². The molecule has 0 spiro atoms. The van der Waals surface area contributed by atoms with Crippen molar-refractivity contribution in [2.75, 3.05) is 6.61 Å². The lowest BCUT2D eigenvalue weighted by Gasteiger charge is -2.35. The van der Waals surface area contributed by atoms with E-state index in [1.165, 1.54) is 6.07 Å². The van der Waals surface area contributed by atoms with Gasteiger partial charge in [-0.3, -0.25) is 0 Å². The molecule has 1 aromatic rings. The van der Waals surface area contributed by atoms with Crippen molar-refractivity contribution < 1.29 is 23.0 Å². The lowest BCUT2D eigenvalue weighted by atomic mass is 9.84. The van der Waals surface area contributed by atoms with Crippen LogP contribution in [-0.2, 0) is 17.3 Å². The van der Waals surface area contributed by atoms with E-state index in [2.05, 4.69) is 0 Å². The highest BCUT2D eigenvalue weighted by atomic mass is 19.4. The summed E-state index contributed by atoms with van der Waals surface area (Å²) in [6.45, 7) is 2.30. The summed E-state index contributed by atoms with van der Waals surface area (Å²) in [6, 6.07) is 5.15. The normalized spacial score (nSPS) is 28.4. The molecule has 1 aromatic carbocycles. The number of hydrogen-bond donors (Lipinski definition) is 1. The minimum absolute atomic E-state index is 0.0652. The van der Waals surface area contributed by atoms with Crippen LogP contribution in [-0.4, -0.2) is 23.4 Å². The van der Waals surface area contributed by atoms with E-state index in [4.69, 9.17) is 4.74 Å². The van der Waals surface area contributed by atoms with E-state index in [1.54, 1.807) is 6.07 Å². The fraction of sp³-hybridized carbons (Fsp3) is 0.571. The van der Waals surface area contributed by atoms with Crippen molar-refractivity contribution in [2.24, 2.45) is 0 Å². The van der Waals surface area contributed by atoms with Crippen molar-refractivity contribution in [3.63, 3.8) is 0 Å². The molecule has 106 valence electrons. The van der Waals surface area contributed by atoms with E-state index in [0.29, 0.717) is 25.0 Å². The molecular weight excluding hydrogens is 257 g/mol. The molecule has 5 heteroatoms. The highest BCUT2D eigenvalue weighted by Crippen LogP contribution is 2.32. The summed E-state index contributed by atoms with van der Waals surface area (Å²) in [5, 5.41) is 10.4. The van der Waals surface area contributed by atoms with Crippen LogP contribution >= 0.6 is 0 Å². The molecule has 0 amide bonds. The molecular formula is C14H17F3O2. The predicted molar refractivity (Wildman–Crippen MR) is 64.7 cm³/mol. The largest absolute Gasteiger partial charge is 0.416 e. The Balaban J connectivity index is 2.15. The highest BCUT2D eigenvalue weighted by molar-refractivity contribution is 5.27. The number of hydrogen-bond acceptors (Lipinski definition) is 2. The molecule has 2 nitrogen and oxygen atoms in total. The Hall–Kier alpha value is -1.07. The van der Waals surface area contributed by atoms with Gasteiger partial charge in [0.1, 0.15) is 0 Å². The zero-order valence-corrected chi connectivity index (χ0v) is 10.7. The van der Waals surface area contributed by atoms with Crippen LogP contribution in [0.5, 0.6) is 0 Å². The maximum atomic E-state index is 12.6. The molecule has 0 radical (unpaired) electrons. The number of halogens is 3. The summed E-state index contributed by atoms with van der Waals surface area (Å²) in [6.07, 6.45) is -3.28. The van der Waals surface area contributed by atoms with Gasteiger partial charge in [0, 0.05) is 19.4 Å². The topological polar surface area (TPSA) is 29.5 Å². The van der Waals surface area contributed by atoms with E-state index < -0.39 is 17.3 Å². The van der Waals surface area contributed by atoms with Gasteiger partial charge in [-0.25, -0.2) is 0 Å². The van der Waals surface area contributed by atoms with Gasteiger partial charge >= 0.3 is 6.18 Å². The third kappa shape index (κ3) is 3.70. The quantitative estimate of drug-likeness (QED) is 0.897. The third-order valence-electron chi connectivity index (χ3n) is 3.42. The summed E-state index contributed by atoms with van der Waals surface area (Å²) in [4.78, 5) is 0. The number of aliphatic hydroxyl groups is 1. The van der Waals surface area contributed by atoms with Gasteiger partial charge in [-0.15, -0.1) is 0 Å². The average Bonchev–Trinajstić information content (AvgIpc) is 2.27. The molecule has 0 aromatic heterocycles. The van der Waals surface area contributed by atoms with Crippen LogP contribution in [0.3, 0.4) is 0 Å². The van der Waals surface area contributed by atoms with Crippen LogP contribution in [0, 0.1) is 0 Å². The monoisotopic (exact) mass is 274 g/mol. The Labute approximate surface area is 110 Å². The van der Waals surface area contributed by atoms with Crippen LogP contribution < -0.4 is 0 Å². The van der Waals surface area contributed by atoms with Crippen LogP contribution in [0.1, 0.15) is 30.9 Å². The van der Waals surface area contributed by atoms with Gasteiger partial charge in [-0.2, -0.15) is 13.2 Å². The van der Waals surface area contributed by atoms with Gasteiger partial charge in [-0.1, -0.05) is 18.2 Å². The van der Waals surface area contributed by atoms with Crippen LogP contribution in [0.4, 0.5) is 13.2 Å². The molecule has 1 heterocycles. The van der Waals surface area contributed by atoms with E-state index in [1.807, 2.05) is 6.92 Å². The molecule has 2 unspecified atom stereocenters. The lowest BCUT2D eigenvalue weighted by molar-refractivity contribution is -0.137. The summed E-state index contributed by atoms with van der Waals surface area (Å²) in [5.41, 5.74) is -1.14. The smallest absolute Gasteiger partial charge is 0.389 e. The van der Waals surface area contributed by atoms with Crippen LogP contribution in [0.25, 0.3) is 0 Å². The van der Waals surface area contributed by atoms with Crippen molar-refractivity contribution in [2.45, 2.75) is 44.1 Å². The van der Waals surface area contributed by atoms with Crippen molar-refractivity contribution in [1.29, 1.82) is 0 Å². The molecule has 2 rings (SSSR count). The summed E-state index contributed by atoms with van der Waals surface area (Å²) >= 11 is 0. The maximum absolute atomic E-state index is 12.6. The summed E-state index contributed by atoms with van der Waals surface area (Å²) in [7, 11) is 0. The van der Waals surface area contributed by atoms with Gasteiger partial charge in [0.05, 0.1) is 17.3 Å². The first kappa shape index (κ1) is 14.3. The fourth-order valence-electron chi connectivity index (χ4n) is 2.54. The lowest BCUT2D eigenvalue weighted by Crippen LogP contribution is -2.41. The first-order valence-electron chi connectivity index (χ1n) is 6.29. The molecule has 1 aliphatic heterocycles. The van der Waals surface area contributed by atoms with Gasteiger partial charge in [0.25, 0.3) is 0 Å². The molecule has 2 atom stereocenters. The molecule has 1 N–H and O–H groups in total. The summed E-state index contributed by atoms with van der Waals surface area (Å²) in [5.74, 6) is 0. The Morgan fingerprint density at radius 1 is 1.42 bits per heavy atom. The predicted octanol–water partition coefficient (Wildman–Crippen LogP) is 3.18. The molecule has 0 saturated carbocycles. The average molecular weight is 274 g/mol. The molecule has 1 aliphatic rings. The van der Waals surface area contributed by atoms with Crippen molar-refractivity contribution in [1.82, 2.24) is 0 Å². The fourth-order valence-corrected chi connectivity index (χ4v) is 2.54. The third-order valence-corrected chi connectivity index (χ3v) is 3.42. The van der Waals surface area contributed by atoms with Crippen LogP contribution in [0.15, 0.2) is 24.3 Å². The second-order valence-corrected chi connectivity index (χ2v) is 5.23. The Bertz CT molecular complexity index is 445. The number of benzene rings is 1. The Morgan fingerprint density at radius 2 is 2.16 bits per heavy atom. The zero-order chi connectivity index (χ0) is 14.1. The van der Waals surface area contributed by atoms with Gasteiger partial charge in [0.2, 0.25) is 0 Å². The zero-order valence-electron chi connectivity index (χ0n) is 10.7. The van der Waals surface area contributed by atoms with Gasteiger partial charge in [-0.05, 0) is 25.0 Å². The van der Waals surface area contributed by atoms with Crippen molar-refractivity contribution in [3.8, 4) is 0 Å². The maximum Gasteiger partial charge on any atom is 0.416 e. The first-order valence-corrected chi connectivity index (χ1v) is 6.29. The minimum atomic E-state index is -4.35. The van der Waals surface area contributed by atoms with E-state index in [-0.39, 0.29) is 12.5 Å². The second kappa shape index (κ2) is 5.13. The highest BCUT2D eigenvalue weighted by Gasteiger charge is 2.35. The number of alkyl halides is 3. The van der Waals surface area contributed by atoms with Crippen molar-refractivity contribution >= 4 is 0 Å². The second-order valence-electron chi connectivity index (χ2n) is 5.23. The molecule has 0 aliphatic carbocycles.